The minimum Gasteiger partial charge on any atom is -0.493 e. The number of carbonyl (C=O) groups is 2. The second-order valence-corrected chi connectivity index (χ2v) is 8.37. The van der Waals surface area contributed by atoms with Crippen molar-refractivity contribution in [2.24, 2.45) is 0 Å². The first kappa shape index (κ1) is 22.8. The van der Waals surface area contributed by atoms with Crippen LogP contribution in [0.4, 0.5) is 0 Å². The lowest BCUT2D eigenvalue weighted by Crippen LogP contribution is -2.29. The van der Waals surface area contributed by atoms with Gasteiger partial charge in [0.25, 0.3) is 5.91 Å². The van der Waals surface area contributed by atoms with E-state index in [1.165, 1.54) is 31.5 Å². The quantitative estimate of drug-likeness (QED) is 0.319. The van der Waals surface area contributed by atoms with Gasteiger partial charge in [-0.3, -0.25) is 9.69 Å². The average Bonchev–Trinajstić information content (AvgIpc) is 3.05. The molecule has 1 amide bonds. The number of methoxy groups -OCH3 is 2. The van der Waals surface area contributed by atoms with Crippen molar-refractivity contribution in [3.63, 3.8) is 0 Å². The van der Waals surface area contributed by atoms with E-state index in [9.17, 15) is 9.59 Å². The van der Waals surface area contributed by atoms with Crippen molar-refractivity contribution in [3.8, 4) is 11.5 Å². The van der Waals surface area contributed by atoms with Crippen LogP contribution in [0, 0.1) is 0 Å². The molecule has 0 bridgehead atoms. The number of thiocarbonyl (C=S) groups is 1. The molecule has 8 heteroatoms. The summed E-state index contributed by atoms with van der Waals surface area (Å²) in [6.45, 7) is 0.369. The van der Waals surface area contributed by atoms with Crippen LogP contribution in [0.1, 0.15) is 17.5 Å². The summed E-state index contributed by atoms with van der Waals surface area (Å²) >= 11 is 6.71. The molecule has 0 unspecified atom stereocenters. The first-order valence-corrected chi connectivity index (χ1v) is 10.9. The Bertz CT molecular complexity index is 991. The number of aryl methyl sites for hydroxylation is 1. The fourth-order valence-corrected chi connectivity index (χ4v) is 4.33. The van der Waals surface area contributed by atoms with Gasteiger partial charge in [-0.2, -0.15) is 0 Å². The summed E-state index contributed by atoms with van der Waals surface area (Å²) in [7, 11) is 2.81. The van der Waals surface area contributed by atoms with Crippen LogP contribution in [0.5, 0.6) is 11.5 Å². The van der Waals surface area contributed by atoms with Gasteiger partial charge in [-0.05, 0) is 42.2 Å². The number of esters is 1. The number of thioether (sulfide) groups is 1. The van der Waals surface area contributed by atoms with Gasteiger partial charge in [-0.25, -0.2) is 4.79 Å². The molecule has 1 aliphatic heterocycles. The van der Waals surface area contributed by atoms with E-state index in [1.54, 1.807) is 29.2 Å². The highest BCUT2D eigenvalue weighted by molar-refractivity contribution is 8.26. The highest BCUT2D eigenvalue weighted by Crippen LogP contribution is 2.35. The predicted molar refractivity (Wildman–Crippen MR) is 125 cm³/mol. The standard InChI is InChI=1S/C23H23NO5S2/c1-27-19-13-17(10-11-18(19)29-15-21(25)28-2)14-20-22(26)24(23(30)31-20)12-6-9-16-7-4-3-5-8-16/h3-5,7-8,10-11,13-14H,6,9,12,15H2,1-2H3/b20-14-. The third-order valence-corrected chi connectivity index (χ3v) is 6.00. The van der Waals surface area contributed by atoms with E-state index in [-0.39, 0.29) is 12.5 Å². The largest absolute Gasteiger partial charge is 0.493 e. The van der Waals surface area contributed by atoms with E-state index in [4.69, 9.17) is 21.7 Å². The smallest absolute Gasteiger partial charge is 0.343 e. The molecule has 0 atom stereocenters. The molecule has 0 spiro atoms. The van der Waals surface area contributed by atoms with Gasteiger partial charge in [0.2, 0.25) is 0 Å². The predicted octanol–water partition coefficient (Wildman–Crippen LogP) is 4.08. The van der Waals surface area contributed by atoms with Gasteiger partial charge in [0.1, 0.15) is 4.32 Å². The van der Waals surface area contributed by atoms with Crippen molar-refractivity contribution in [3.05, 3.63) is 64.6 Å². The monoisotopic (exact) mass is 457 g/mol. The molecule has 1 aliphatic rings. The molecule has 2 aromatic carbocycles. The number of nitrogens with zero attached hydrogens (tertiary/aromatic N) is 1. The molecular formula is C23H23NO5S2. The zero-order chi connectivity index (χ0) is 22.2. The van der Waals surface area contributed by atoms with Crippen LogP contribution in [-0.2, 0) is 20.7 Å². The highest BCUT2D eigenvalue weighted by Gasteiger charge is 2.31. The molecule has 0 aromatic heterocycles. The number of rotatable bonds is 9. The summed E-state index contributed by atoms with van der Waals surface area (Å²) in [5, 5.41) is 0. The Balaban J connectivity index is 1.65. The summed E-state index contributed by atoms with van der Waals surface area (Å²) in [6, 6.07) is 15.4. The minimum absolute atomic E-state index is 0.0898. The Morgan fingerprint density at radius 3 is 2.61 bits per heavy atom. The molecule has 1 saturated heterocycles. The first-order chi connectivity index (χ1) is 15.0. The third-order valence-electron chi connectivity index (χ3n) is 4.62. The van der Waals surface area contributed by atoms with Gasteiger partial charge >= 0.3 is 5.97 Å². The van der Waals surface area contributed by atoms with E-state index in [1.807, 2.05) is 18.2 Å². The maximum Gasteiger partial charge on any atom is 0.343 e. The van der Waals surface area contributed by atoms with E-state index >= 15 is 0 Å². The number of hydrogen-bond donors (Lipinski definition) is 0. The SMILES string of the molecule is COC(=O)COc1ccc(/C=C2\SC(=S)N(CCCc3ccccc3)C2=O)cc1OC. The van der Waals surface area contributed by atoms with E-state index in [0.29, 0.717) is 27.3 Å². The van der Waals surface area contributed by atoms with E-state index in [2.05, 4.69) is 16.9 Å². The normalized spacial score (nSPS) is 14.8. The van der Waals surface area contributed by atoms with Crippen LogP contribution in [0.2, 0.25) is 0 Å². The molecule has 0 aliphatic carbocycles. The lowest BCUT2D eigenvalue weighted by Gasteiger charge is -2.14. The van der Waals surface area contributed by atoms with Gasteiger partial charge in [0, 0.05) is 6.54 Å². The number of benzene rings is 2. The van der Waals surface area contributed by atoms with E-state index < -0.39 is 5.97 Å². The van der Waals surface area contributed by atoms with Gasteiger partial charge in [0.05, 0.1) is 19.1 Å². The summed E-state index contributed by atoms with van der Waals surface area (Å²) < 4.78 is 15.9. The average molecular weight is 458 g/mol. The maximum atomic E-state index is 12.8. The molecule has 1 heterocycles. The van der Waals surface area contributed by atoms with Crippen molar-refractivity contribution >= 4 is 46.3 Å². The van der Waals surface area contributed by atoms with Crippen molar-refractivity contribution in [1.29, 1.82) is 0 Å². The third kappa shape index (κ3) is 6.08. The molecule has 3 rings (SSSR count). The topological polar surface area (TPSA) is 65.1 Å². The number of amides is 1. The number of hydrogen-bond acceptors (Lipinski definition) is 7. The Morgan fingerprint density at radius 2 is 1.90 bits per heavy atom. The maximum absolute atomic E-state index is 12.8. The molecule has 0 saturated carbocycles. The molecular weight excluding hydrogens is 434 g/mol. The second kappa shape index (κ2) is 11.0. The zero-order valence-corrected chi connectivity index (χ0v) is 19.0. The van der Waals surface area contributed by atoms with Gasteiger partial charge < -0.3 is 14.2 Å². The summed E-state index contributed by atoms with van der Waals surface area (Å²) in [5.74, 6) is 0.296. The van der Waals surface area contributed by atoms with Crippen molar-refractivity contribution < 1.29 is 23.8 Å². The van der Waals surface area contributed by atoms with Gasteiger partial charge in [0.15, 0.2) is 18.1 Å². The lowest BCUT2D eigenvalue weighted by molar-refractivity contribution is -0.142. The summed E-state index contributed by atoms with van der Waals surface area (Å²) in [4.78, 5) is 26.3. The van der Waals surface area contributed by atoms with E-state index in [0.717, 1.165) is 18.4 Å². The summed E-state index contributed by atoms with van der Waals surface area (Å²) in [6.07, 6.45) is 3.51. The Morgan fingerprint density at radius 1 is 1.13 bits per heavy atom. The molecule has 31 heavy (non-hydrogen) atoms. The van der Waals surface area contributed by atoms with Crippen molar-refractivity contribution in [2.75, 3.05) is 27.4 Å². The van der Waals surface area contributed by atoms with Crippen LogP contribution >= 0.6 is 24.0 Å². The molecule has 0 N–H and O–H groups in total. The Labute approximate surface area is 191 Å². The number of carbonyl (C=O) groups excluding carboxylic acids is 2. The summed E-state index contributed by atoms with van der Waals surface area (Å²) in [5.41, 5.74) is 2.01. The fraction of sp³-hybridized carbons (Fsp3) is 0.261. The first-order valence-electron chi connectivity index (χ1n) is 9.68. The molecule has 1 fully saturated rings. The fourth-order valence-electron chi connectivity index (χ4n) is 3.02. The second-order valence-electron chi connectivity index (χ2n) is 6.70. The van der Waals surface area contributed by atoms with Crippen LogP contribution < -0.4 is 9.47 Å². The highest BCUT2D eigenvalue weighted by atomic mass is 32.2. The van der Waals surface area contributed by atoms with Crippen molar-refractivity contribution in [2.45, 2.75) is 12.8 Å². The van der Waals surface area contributed by atoms with Crippen LogP contribution in [-0.4, -0.2) is 48.5 Å². The zero-order valence-electron chi connectivity index (χ0n) is 17.3. The van der Waals surface area contributed by atoms with Crippen molar-refractivity contribution in [1.82, 2.24) is 4.90 Å². The Kier molecular flexibility index (Phi) is 8.08. The van der Waals surface area contributed by atoms with Crippen LogP contribution in [0.3, 0.4) is 0 Å². The molecule has 6 nitrogen and oxygen atoms in total. The minimum atomic E-state index is -0.484. The molecule has 0 radical (unpaired) electrons. The molecule has 162 valence electrons. The van der Waals surface area contributed by atoms with Gasteiger partial charge in [-0.1, -0.05) is 60.4 Å². The van der Waals surface area contributed by atoms with Crippen LogP contribution in [0.25, 0.3) is 6.08 Å². The number of ether oxygens (including phenoxy) is 3. The lowest BCUT2D eigenvalue weighted by atomic mass is 10.1. The molecule has 2 aromatic rings. The van der Waals surface area contributed by atoms with Gasteiger partial charge in [-0.15, -0.1) is 0 Å². The Hall–Kier alpha value is -2.84. The van der Waals surface area contributed by atoms with Crippen LogP contribution in [0.15, 0.2) is 53.4 Å².